The minimum absolute atomic E-state index is 0.0306. The summed E-state index contributed by atoms with van der Waals surface area (Å²) in [6, 6.07) is 13.9. The van der Waals surface area contributed by atoms with Crippen LogP contribution in [0.3, 0.4) is 0 Å². The summed E-state index contributed by atoms with van der Waals surface area (Å²) >= 11 is 5.87. The Hall–Kier alpha value is -3.98. The number of fused-ring (bicyclic) bond motifs is 1. The van der Waals surface area contributed by atoms with Gasteiger partial charge in [-0.25, -0.2) is 15.0 Å². The first-order valence-corrected chi connectivity index (χ1v) is 9.43. The van der Waals surface area contributed by atoms with E-state index < -0.39 is 4.92 Å². The molecule has 0 aliphatic heterocycles. The van der Waals surface area contributed by atoms with Gasteiger partial charge in [0.25, 0.3) is 0 Å². The molecule has 0 atom stereocenters. The lowest BCUT2D eigenvalue weighted by Gasteiger charge is -2.10. The third-order valence-corrected chi connectivity index (χ3v) is 4.74. The van der Waals surface area contributed by atoms with Crippen LogP contribution in [0.4, 0.5) is 17.5 Å². The molecule has 0 aliphatic rings. The number of rotatable bonds is 6. The summed E-state index contributed by atoms with van der Waals surface area (Å²) in [5.41, 5.74) is 2.27. The molecule has 0 fully saturated rings. The Bertz CT molecular complexity index is 1280. The van der Waals surface area contributed by atoms with Crippen LogP contribution in [-0.2, 0) is 0 Å². The highest BCUT2D eigenvalue weighted by Gasteiger charge is 2.17. The van der Waals surface area contributed by atoms with Crippen LogP contribution < -0.4 is 14.8 Å². The molecule has 0 saturated heterocycles. The van der Waals surface area contributed by atoms with Crippen molar-refractivity contribution in [1.82, 2.24) is 15.0 Å². The molecule has 0 amide bonds. The number of nitrogens with one attached hydrogen (secondary N) is 1. The van der Waals surface area contributed by atoms with E-state index in [1.54, 1.807) is 26.5 Å². The van der Waals surface area contributed by atoms with Gasteiger partial charge in [0, 0.05) is 23.7 Å². The lowest BCUT2D eigenvalue weighted by molar-refractivity contribution is -0.384. The van der Waals surface area contributed by atoms with Crippen LogP contribution in [0.1, 0.15) is 0 Å². The molecular weight excluding hydrogens is 422 g/mol. The van der Waals surface area contributed by atoms with Crippen molar-refractivity contribution in [2.75, 3.05) is 19.5 Å². The van der Waals surface area contributed by atoms with E-state index in [9.17, 15) is 10.1 Å². The van der Waals surface area contributed by atoms with Gasteiger partial charge < -0.3 is 14.8 Å². The molecule has 9 nitrogen and oxygen atoms in total. The average molecular weight is 438 g/mol. The Kier molecular flexibility index (Phi) is 5.50. The minimum Gasteiger partial charge on any atom is -0.497 e. The Morgan fingerprint density at radius 3 is 2.39 bits per heavy atom. The van der Waals surface area contributed by atoms with E-state index in [1.165, 1.54) is 12.1 Å². The van der Waals surface area contributed by atoms with Crippen molar-refractivity contribution in [3.8, 4) is 22.6 Å². The molecule has 0 saturated carbocycles. The van der Waals surface area contributed by atoms with E-state index in [2.05, 4.69) is 20.3 Å². The number of anilines is 2. The lowest BCUT2D eigenvalue weighted by atomic mass is 10.0. The van der Waals surface area contributed by atoms with Crippen molar-refractivity contribution in [3.05, 3.63) is 70.0 Å². The van der Waals surface area contributed by atoms with Crippen molar-refractivity contribution < 1.29 is 14.4 Å². The van der Waals surface area contributed by atoms with Crippen LogP contribution in [0.5, 0.6) is 11.5 Å². The Labute approximate surface area is 181 Å². The van der Waals surface area contributed by atoms with Gasteiger partial charge in [-0.15, -0.1) is 0 Å². The maximum absolute atomic E-state index is 11.2. The van der Waals surface area contributed by atoms with Gasteiger partial charge in [0.2, 0.25) is 11.8 Å². The number of hydrogen-bond donors (Lipinski definition) is 1. The number of methoxy groups -OCH3 is 2. The topological polar surface area (TPSA) is 112 Å². The number of nitro groups is 1. The fourth-order valence-electron chi connectivity index (χ4n) is 3.02. The predicted molar refractivity (Wildman–Crippen MR) is 117 cm³/mol. The number of hydrogen-bond acceptors (Lipinski definition) is 8. The maximum Gasteiger partial charge on any atom is 0.311 e. The molecule has 156 valence electrons. The zero-order valence-corrected chi connectivity index (χ0v) is 17.3. The van der Waals surface area contributed by atoms with Crippen LogP contribution in [0.25, 0.3) is 22.0 Å². The van der Waals surface area contributed by atoms with Crippen LogP contribution in [0, 0.1) is 10.1 Å². The molecule has 0 unspecified atom stereocenters. The molecule has 0 radical (unpaired) electrons. The van der Waals surface area contributed by atoms with Gasteiger partial charge in [-0.2, -0.15) is 0 Å². The number of ether oxygens (including phenoxy) is 2. The summed E-state index contributed by atoms with van der Waals surface area (Å²) in [5, 5.41) is 14.9. The van der Waals surface area contributed by atoms with Crippen LogP contribution in [0.15, 0.2) is 54.7 Å². The summed E-state index contributed by atoms with van der Waals surface area (Å²) in [6.45, 7) is 0. The smallest absolute Gasteiger partial charge is 0.311 e. The van der Waals surface area contributed by atoms with Crippen molar-refractivity contribution in [2.45, 2.75) is 0 Å². The standard InChI is InChI=1S/C21H16ClN5O4/c1-30-15-8-13(9-16(10-15)31-2)12-3-4-17-14(7-12)11-23-21(24-17)26-20-18(27(28)29)5-6-19(22)25-20/h3-11H,1-2H3,(H,23,24,25,26). The largest absolute Gasteiger partial charge is 0.497 e. The van der Waals surface area contributed by atoms with Crippen molar-refractivity contribution in [3.63, 3.8) is 0 Å². The zero-order valence-electron chi connectivity index (χ0n) is 16.5. The van der Waals surface area contributed by atoms with E-state index in [-0.39, 0.29) is 22.6 Å². The van der Waals surface area contributed by atoms with Gasteiger partial charge in [-0.3, -0.25) is 10.1 Å². The summed E-state index contributed by atoms with van der Waals surface area (Å²) < 4.78 is 10.7. The molecule has 4 rings (SSSR count). The van der Waals surface area contributed by atoms with Crippen LogP contribution in [-0.4, -0.2) is 34.1 Å². The fourth-order valence-corrected chi connectivity index (χ4v) is 3.17. The number of nitrogens with zero attached hydrogens (tertiary/aromatic N) is 4. The van der Waals surface area contributed by atoms with Gasteiger partial charge in [0.05, 0.1) is 24.7 Å². The SMILES string of the molecule is COc1cc(OC)cc(-c2ccc3nc(Nc4nc(Cl)ccc4[N+](=O)[O-])ncc3c2)c1. The van der Waals surface area contributed by atoms with E-state index in [0.29, 0.717) is 17.0 Å². The number of benzene rings is 2. The molecule has 0 bridgehead atoms. The normalized spacial score (nSPS) is 10.7. The summed E-state index contributed by atoms with van der Waals surface area (Å²) in [6.07, 6.45) is 1.63. The predicted octanol–water partition coefficient (Wildman–Crippen LogP) is 5.01. The summed E-state index contributed by atoms with van der Waals surface area (Å²) in [4.78, 5) is 23.3. The Balaban J connectivity index is 1.69. The Morgan fingerprint density at radius 2 is 1.71 bits per heavy atom. The van der Waals surface area contributed by atoms with Gasteiger partial charge in [0.1, 0.15) is 16.7 Å². The second kappa shape index (κ2) is 8.41. The van der Waals surface area contributed by atoms with E-state index in [4.69, 9.17) is 21.1 Å². The monoisotopic (exact) mass is 437 g/mol. The van der Waals surface area contributed by atoms with Crippen molar-refractivity contribution >= 4 is 40.0 Å². The molecule has 0 spiro atoms. The molecule has 2 heterocycles. The highest BCUT2D eigenvalue weighted by Crippen LogP contribution is 2.32. The lowest BCUT2D eigenvalue weighted by Crippen LogP contribution is -2.03. The molecule has 0 aliphatic carbocycles. The minimum atomic E-state index is -0.554. The molecular formula is C21H16ClN5O4. The molecule has 2 aromatic heterocycles. The molecule has 2 aromatic carbocycles. The second-order valence-corrected chi connectivity index (χ2v) is 6.84. The second-order valence-electron chi connectivity index (χ2n) is 6.45. The van der Waals surface area contributed by atoms with E-state index in [1.807, 2.05) is 30.3 Å². The highest BCUT2D eigenvalue weighted by molar-refractivity contribution is 6.29. The third kappa shape index (κ3) is 4.31. The molecule has 10 heteroatoms. The average Bonchev–Trinajstić information content (AvgIpc) is 2.78. The van der Waals surface area contributed by atoms with Crippen LogP contribution >= 0.6 is 11.6 Å². The first kappa shape index (κ1) is 20.3. The van der Waals surface area contributed by atoms with Gasteiger partial charge >= 0.3 is 5.69 Å². The van der Waals surface area contributed by atoms with Crippen molar-refractivity contribution in [1.29, 1.82) is 0 Å². The first-order valence-electron chi connectivity index (χ1n) is 9.05. The number of halogens is 1. The summed E-state index contributed by atoms with van der Waals surface area (Å²) in [5.74, 6) is 1.50. The molecule has 31 heavy (non-hydrogen) atoms. The van der Waals surface area contributed by atoms with Gasteiger partial charge in [-0.05, 0) is 41.5 Å². The van der Waals surface area contributed by atoms with Crippen LogP contribution in [0.2, 0.25) is 5.15 Å². The van der Waals surface area contributed by atoms with E-state index >= 15 is 0 Å². The zero-order chi connectivity index (χ0) is 22.0. The van der Waals surface area contributed by atoms with Gasteiger partial charge in [-0.1, -0.05) is 17.7 Å². The van der Waals surface area contributed by atoms with E-state index in [0.717, 1.165) is 16.5 Å². The van der Waals surface area contributed by atoms with Crippen molar-refractivity contribution in [2.24, 2.45) is 0 Å². The quantitative estimate of drug-likeness (QED) is 0.254. The maximum atomic E-state index is 11.2. The summed E-state index contributed by atoms with van der Waals surface area (Å²) in [7, 11) is 3.20. The number of aromatic nitrogens is 3. The number of pyridine rings is 1. The van der Waals surface area contributed by atoms with Gasteiger partial charge in [0.15, 0.2) is 0 Å². The highest BCUT2D eigenvalue weighted by atomic mass is 35.5. The third-order valence-electron chi connectivity index (χ3n) is 4.53. The fraction of sp³-hybridized carbons (Fsp3) is 0.0952. The molecule has 4 aromatic rings. The first-order chi connectivity index (χ1) is 15.0. The Morgan fingerprint density at radius 1 is 0.968 bits per heavy atom. The molecule has 1 N–H and O–H groups in total.